The van der Waals surface area contributed by atoms with Gasteiger partial charge >= 0.3 is 0 Å². The van der Waals surface area contributed by atoms with E-state index in [2.05, 4.69) is 0 Å². The van der Waals surface area contributed by atoms with E-state index >= 15 is 0 Å². The van der Waals surface area contributed by atoms with Crippen molar-refractivity contribution in [3.8, 4) is 0 Å². The lowest BCUT2D eigenvalue weighted by Crippen LogP contribution is -2.32. The Hall–Kier alpha value is -0.960. The Kier molecular flexibility index (Phi) is 4.49. The van der Waals surface area contributed by atoms with Crippen LogP contribution in [0.2, 0.25) is 0 Å². The number of nitrogens with zero attached hydrogens (tertiary/aromatic N) is 1. The molecule has 0 bridgehead atoms. The molecule has 1 saturated heterocycles. The van der Waals surface area contributed by atoms with Crippen LogP contribution in [0, 0.1) is 0 Å². The van der Waals surface area contributed by atoms with Crippen molar-refractivity contribution in [2.45, 2.75) is 38.5 Å². The summed E-state index contributed by atoms with van der Waals surface area (Å²) in [6, 6.07) is 0. The van der Waals surface area contributed by atoms with Crippen molar-refractivity contribution in [3.05, 3.63) is 23.8 Å². The van der Waals surface area contributed by atoms with E-state index in [4.69, 9.17) is 12.2 Å². The van der Waals surface area contributed by atoms with E-state index in [0.29, 0.717) is 6.42 Å². The Labute approximate surface area is 108 Å². The van der Waals surface area contributed by atoms with Crippen molar-refractivity contribution < 1.29 is 4.79 Å². The monoisotopic (exact) mass is 249 g/mol. The number of amides is 1. The van der Waals surface area contributed by atoms with Crippen LogP contribution >= 0.6 is 12.2 Å². The third-order valence-electron chi connectivity index (χ3n) is 3.40. The van der Waals surface area contributed by atoms with Gasteiger partial charge in [0, 0.05) is 24.4 Å². The van der Waals surface area contributed by atoms with Gasteiger partial charge in [0.15, 0.2) is 0 Å². The van der Waals surface area contributed by atoms with Crippen molar-refractivity contribution >= 4 is 23.0 Å². The van der Waals surface area contributed by atoms with Gasteiger partial charge in [-0.2, -0.15) is 0 Å². The summed E-state index contributed by atoms with van der Waals surface area (Å²) in [7, 11) is 0. The molecule has 2 nitrogen and oxygen atoms in total. The standard InChI is InChI=1S/C14H19NOS/c16-14(15-9-5-1-2-6-10-15)11-12-7-3-4-8-13(12)17/h3-4,7H,1-2,5-6,8-11H2. The lowest BCUT2D eigenvalue weighted by Gasteiger charge is -2.21. The minimum atomic E-state index is 0.246. The molecule has 92 valence electrons. The molecule has 0 radical (unpaired) electrons. The van der Waals surface area contributed by atoms with Crippen LogP contribution in [0.1, 0.15) is 38.5 Å². The maximum Gasteiger partial charge on any atom is 0.227 e. The van der Waals surface area contributed by atoms with Gasteiger partial charge in [0.1, 0.15) is 0 Å². The van der Waals surface area contributed by atoms with Gasteiger partial charge in [-0.3, -0.25) is 4.79 Å². The summed E-state index contributed by atoms with van der Waals surface area (Å²) in [5.41, 5.74) is 1.04. The van der Waals surface area contributed by atoms with E-state index < -0.39 is 0 Å². The molecule has 0 aromatic heterocycles. The molecule has 1 aliphatic heterocycles. The Morgan fingerprint density at radius 2 is 1.94 bits per heavy atom. The van der Waals surface area contributed by atoms with E-state index in [0.717, 1.165) is 42.8 Å². The minimum Gasteiger partial charge on any atom is -0.342 e. The van der Waals surface area contributed by atoms with E-state index in [1.807, 2.05) is 23.1 Å². The summed E-state index contributed by atoms with van der Waals surface area (Å²) in [6.45, 7) is 1.85. The summed E-state index contributed by atoms with van der Waals surface area (Å²) >= 11 is 5.28. The largest absolute Gasteiger partial charge is 0.342 e. The van der Waals surface area contributed by atoms with Crippen LogP contribution in [0.3, 0.4) is 0 Å². The van der Waals surface area contributed by atoms with Crippen LogP contribution in [0.4, 0.5) is 0 Å². The molecule has 0 unspecified atom stereocenters. The summed E-state index contributed by atoms with van der Waals surface area (Å²) < 4.78 is 0. The molecule has 0 N–H and O–H groups in total. The van der Waals surface area contributed by atoms with Crippen LogP contribution in [0.15, 0.2) is 23.8 Å². The molecule has 0 spiro atoms. The maximum atomic E-state index is 12.2. The van der Waals surface area contributed by atoms with Crippen LogP contribution in [-0.4, -0.2) is 28.8 Å². The van der Waals surface area contributed by atoms with E-state index in [-0.39, 0.29) is 5.91 Å². The Morgan fingerprint density at radius 1 is 1.24 bits per heavy atom. The Bertz CT molecular complexity index is 362. The average molecular weight is 249 g/mol. The highest BCUT2D eigenvalue weighted by atomic mass is 32.1. The van der Waals surface area contributed by atoms with Gasteiger partial charge < -0.3 is 4.90 Å². The second-order valence-electron chi connectivity index (χ2n) is 4.72. The molecule has 3 heteroatoms. The average Bonchev–Trinajstić information content (AvgIpc) is 2.61. The highest BCUT2D eigenvalue weighted by molar-refractivity contribution is 7.80. The van der Waals surface area contributed by atoms with Crippen molar-refractivity contribution in [2.24, 2.45) is 0 Å². The van der Waals surface area contributed by atoms with Gasteiger partial charge in [-0.25, -0.2) is 0 Å². The molecule has 0 aromatic rings. The van der Waals surface area contributed by atoms with Gasteiger partial charge in [0.25, 0.3) is 0 Å². The van der Waals surface area contributed by atoms with E-state index in [1.165, 1.54) is 12.8 Å². The van der Waals surface area contributed by atoms with E-state index in [9.17, 15) is 4.79 Å². The van der Waals surface area contributed by atoms with Crippen LogP contribution in [0.5, 0.6) is 0 Å². The fourth-order valence-electron chi connectivity index (χ4n) is 2.34. The zero-order chi connectivity index (χ0) is 12.1. The predicted octanol–water partition coefficient (Wildman–Crippen LogP) is 3.04. The number of carbonyl (C=O) groups excluding carboxylic acids is 1. The SMILES string of the molecule is O=C(CC1=CC=CCC1=S)N1CCCCCC1. The van der Waals surface area contributed by atoms with Crippen molar-refractivity contribution in [1.82, 2.24) is 4.90 Å². The van der Waals surface area contributed by atoms with Crippen LogP contribution in [0.25, 0.3) is 0 Å². The number of likely N-dealkylation sites (tertiary alicyclic amines) is 1. The first-order chi connectivity index (χ1) is 8.27. The van der Waals surface area contributed by atoms with Crippen LogP contribution < -0.4 is 0 Å². The van der Waals surface area contributed by atoms with Crippen LogP contribution in [-0.2, 0) is 4.79 Å². The molecule has 1 amide bonds. The first-order valence-electron chi connectivity index (χ1n) is 6.44. The third-order valence-corrected chi connectivity index (χ3v) is 3.82. The van der Waals surface area contributed by atoms with Gasteiger partial charge in [-0.15, -0.1) is 0 Å². The molecule has 2 rings (SSSR count). The molecule has 2 aliphatic rings. The zero-order valence-corrected chi connectivity index (χ0v) is 11.0. The lowest BCUT2D eigenvalue weighted by molar-refractivity contribution is -0.130. The summed E-state index contributed by atoms with van der Waals surface area (Å²) in [4.78, 5) is 15.1. The highest BCUT2D eigenvalue weighted by Crippen LogP contribution is 2.17. The van der Waals surface area contributed by atoms with E-state index in [1.54, 1.807) is 0 Å². The smallest absolute Gasteiger partial charge is 0.227 e. The summed E-state index contributed by atoms with van der Waals surface area (Å²) in [6.07, 6.45) is 12.1. The third kappa shape index (κ3) is 3.50. The first kappa shape index (κ1) is 12.5. The highest BCUT2D eigenvalue weighted by Gasteiger charge is 2.18. The second kappa shape index (κ2) is 6.10. The fraction of sp³-hybridized carbons (Fsp3) is 0.571. The fourth-order valence-corrected chi connectivity index (χ4v) is 2.57. The summed E-state index contributed by atoms with van der Waals surface area (Å²) in [5, 5.41) is 0. The van der Waals surface area contributed by atoms with Gasteiger partial charge in [0.2, 0.25) is 5.91 Å². The second-order valence-corrected chi connectivity index (χ2v) is 5.21. The minimum absolute atomic E-state index is 0.246. The number of rotatable bonds is 2. The van der Waals surface area contributed by atoms with Crippen molar-refractivity contribution in [1.29, 1.82) is 0 Å². The molecule has 1 fully saturated rings. The van der Waals surface area contributed by atoms with Crippen molar-refractivity contribution in [2.75, 3.05) is 13.1 Å². The molecule has 0 atom stereocenters. The molecule has 17 heavy (non-hydrogen) atoms. The lowest BCUT2D eigenvalue weighted by atomic mass is 10.0. The topological polar surface area (TPSA) is 20.3 Å². The molecular weight excluding hydrogens is 230 g/mol. The number of carbonyl (C=O) groups is 1. The van der Waals surface area contributed by atoms with Gasteiger partial charge in [-0.1, -0.05) is 43.3 Å². The number of hydrogen-bond acceptors (Lipinski definition) is 2. The van der Waals surface area contributed by atoms with Gasteiger partial charge in [0.05, 0.1) is 6.42 Å². The number of thiocarbonyl (C=S) groups is 1. The maximum absolute atomic E-state index is 12.2. The van der Waals surface area contributed by atoms with Crippen molar-refractivity contribution in [3.63, 3.8) is 0 Å². The number of allylic oxidation sites excluding steroid dienone is 3. The Morgan fingerprint density at radius 3 is 2.59 bits per heavy atom. The molecule has 0 saturated carbocycles. The van der Waals surface area contributed by atoms with Gasteiger partial charge in [-0.05, 0) is 18.4 Å². The normalized spacial score (nSPS) is 21.1. The number of hydrogen-bond donors (Lipinski definition) is 0. The first-order valence-corrected chi connectivity index (χ1v) is 6.85. The molecule has 1 heterocycles. The molecule has 0 aromatic carbocycles. The molecular formula is C14H19NOS. The summed E-state index contributed by atoms with van der Waals surface area (Å²) in [5.74, 6) is 0.246. The molecule has 1 aliphatic carbocycles. The predicted molar refractivity (Wildman–Crippen MR) is 74.1 cm³/mol. The Balaban J connectivity index is 1.93. The quantitative estimate of drug-likeness (QED) is 0.701. The zero-order valence-electron chi connectivity index (χ0n) is 10.2.